The fourth-order valence-electron chi connectivity index (χ4n) is 4.45. The molecule has 0 aromatic carbocycles. The van der Waals surface area contributed by atoms with Crippen LogP contribution in [0.25, 0.3) is 0 Å². The first-order chi connectivity index (χ1) is 18.5. The molecule has 3 aliphatic heterocycles. The number of carbonyl (C=O) groups is 1. The van der Waals surface area contributed by atoms with Crippen molar-refractivity contribution >= 4 is 38.3 Å². The molecule has 0 aromatic rings. The Morgan fingerprint density at radius 3 is 2.64 bits per heavy atom. The molecular formula is C30H41N6O2Tl. The van der Waals surface area contributed by atoms with E-state index < -0.39 is 28.3 Å². The average molecular weight is 722 g/mol. The summed E-state index contributed by atoms with van der Waals surface area (Å²) in [6.45, 7) is 13.6. The van der Waals surface area contributed by atoms with E-state index in [1.54, 1.807) is 6.08 Å². The Morgan fingerprint density at radius 2 is 2.03 bits per heavy atom. The normalized spacial score (nSPS) is 18.8. The molecule has 0 unspecified atom stereocenters. The van der Waals surface area contributed by atoms with Crippen LogP contribution in [-0.4, -0.2) is 49.9 Å². The fourth-order valence-corrected chi connectivity index (χ4v) is 15.7. The van der Waals surface area contributed by atoms with Gasteiger partial charge in [0.05, 0.1) is 0 Å². The Hall–Kier alpha value is -3.11. The number of aliphatic imine (C=N–C) groups is 1. The predicted molar refractivity (Wildman–Crippen MR) is 161 cm³/mol. The summed E-state index contributed by atoms with van der Waals surface area (Å²) in [5.41, 5.74) is 13.1. The van der Waals surface area contributed by atoms with Crippen molar-refractivity contribution < 1.29 is 9.53 Å². The van der Waals surface area contributed by atoms with Crippen LogP contribution in [0.15, 0.2) is 94.0 Å². The molecule has 0 aliphatic carbocycles. The van der Waals surface area contributed by atoms with Gasteiger partial charge in [0.1, 0.15) is 5.84 Å². The number of hydrogen-bond acceptors (Lipinski definition) is 7. The minimum absolute atomic E-state index is 0.131. The summed E-state index contributed by atoms with van der Waals surface area (Å²) in [4.78, 5) is 17.0. The topological polar surface area (TPSA) is 125 Å². The van der Waals surface area contributed by atoms with Crippen molar-refractivity contribution in [3.8, 4) is 0 Å². The van der Waals surface area contributed by atoms with Gasteiger partial charge >= 0.3 is 187 Å². The molecule has 0 aromatic heterocycles. The van der Waals surface area contributed by atoms with E-state index in [9.17, 15) is 4.79 Å². The molecule has 0 bridgehead atoms. The van der Waals surface area contributed by atoms with Gasteiger partial charge in [-0.05, 0) is 17.6 Å². The maximum absolute atomic E-state index is 12.5. The molecule has 1 fully saturated rings. The zero-order valence-electron chi connectivity index (χ0n) is 23.7. The number of rotatable bonds is 9. The molecular weight excluding hydrogens is 681 g/mol. The van der Waals surface area contributed by atoms with Gasteiger partial charge in [0.2, 0.25) is 0 Å². The summed E-state index contributed by atoms with van der Waals surface area (Å²) < 4.78 is 7.87. The van der Waals surface area contributed by atoms with Crippen molar-refractivity contribution in [2.45, 2.75) is 67.1 Å². The number of nitrogens with one attached hydrogen (secondary N) is 4. The van der Waals surface area contributed by atoms with Gasteiger partial charge in [-0.25, -0.2) is 0 Å². The molecule has 8 nitrogen and oxygen atoms in total. The Bertz CT molecular complexity index is 1230. The van der Waals surface area contributed by atoms with Gasteiger partial charge in [0, 0.05) is 6.21 Å². The number of nitrogens with two attached hydrogens (primary N) is 1. The zero-order chi connectivity index (χ0) is 28.6. The van der Waals surface area contributed by atoms with Crippen LogP contribution >= 0.6 is 0 Å². The minimum atomic E-state index is -2.44. The van der Waals surface area contributed by atoms with Crippen LogP contribution in [0.4, 0.5) is 4.79 Å². The molecule has 3 heterocycles. The molecule has 1 saturated heterocycles. The molecule has 39 heavy (non-hydrogen) atoms. The van der Waals surface area contributed by atoms with Crippen molar-refractivity contribution in [1.82, 2.24) is 16.0 Å². The molecule has 0 radical (unpaired) electrons. The van der Waals surface area contributed by atoms with Crippen molar-refractivity contribution in [3.63, 3.8) is 0 Å². The Morgan fingerprint density at radius 1 is 1.31 bits per heavy atom. The van der Waals surface area contributed by atoms with Crippen molar-refractivity contribution in [3.05, 3.63) is 89.0 Å². The first-order valence-corrected chi connectivity index (χ1v) is 22.1. The number of ether oxygens (including phenoxy) is 1. The number of amidine groups is 1. The fraction of sp³-hybridized carbons (Fsp3) is 0.400. The number of fused-ring (bicyclic) bond motifs is 1. The summed E-state index contributed by atoms with van der Waals surface area (Å²) in [7, 11) is 0. The monoisotopic (exact) mass is 722 g/mol. The Labute approximate surface area is 241 Å². The Balaban J connectivity index is 1.66. The first-order valence-electron chi connectivity index (χ1n) is 13.5. The average Bonchev–Trinajstić information content (AvgIpc) is 2.88. The molecule has 0 spiro atoms. The van der Waals surface area contributed by atoms with Crippen LogP contribution in [-0.2, 0) is 4.74 Å². The van der Waals surface area contributed by atoms with E-state index >= 15 is 0 Å². The van der Waals surface area contributed by atoms with Gasteiger partial charge in [-0.15, -0.1) is 0 Å². The third-order valence-corrected chi connectivity index (χ3v) is 17.6. The van der Waals surface area contributed by atoms with Crippen LogP contribution < -0.4 is 21.7 Å². The van der Waals surface area contributed by atoms with E-state index in [4.69, 9.17) is 15.9 Å². The molecule has 0 saturated carbocycles. The summed E-state index contributed by atoms with van der Waals surface area (Å²) in [6.07, 6.45) is 16.7. The Kier molecular flexibility index (Phi) is 10.8. The molecule has 9 heteroatoms. The summed E-state index contributed by atoms with van der Waals surface area (Å²) in [5.74, 6) is 1.14. The number of carbonyl (C=O) groups excluding carboxylic acids is 1. The summed E-state index contributed by atoms with van der Waals surface area (Å²) in [6, 6.07) is 0.335. The molecule has 6 N–H and O–H groups in total. The summed E-state index contributed by atoms with van der Waals surface area (Å²) >= 11 is -2.44. The van der Waals surface area contributed by atoms with Crippen molar-refractivity contribution in [2.24, 2.45) is 16.6 Å². The van der Waals surface area contributed by atoms with E-state index in [1.165, 1.54) is 6.21 Å². The molecule has 0 atom stereocenters. The second kappa shape index (κ2) is 13.8. The second-order valence-electron chi connectivity index (χ2n) is 11.2. The van der Waals surface area contributed by atoms with Crippen LogP contribution in [0, 0.1) is 11.3 Å². The summed E-state index contributed by atoms with van der Waals surface area (Å²) in [5, 5.41) is 17.8. The molecule has 206 valence electrons. The maximum atomic E-state index is 12.5. The van der Waals surface area contributed by atoms with Gasteiger partial charge in [-0.3, -0.25) is 0 Å². The van der Waals surface area contributed by atoms with E-state index in [1.807, 2.05) is 71.3 Å². The van der Waals surface area contributed by atoms with Crippen molar-refractivity contribution in [1.29, 1.82) is 5.41 Å². The number of dihydropyridines is 2. The van der Waals surface area contributed by atoms with E-state index in [-0.39, 0.29) is 9.45 Å². The van der Waals surface area contributed by atoms with Gasteiger partial charge in [-0.1, -0.05) is 13.8 Å². The number of nitrogens with zero attached hydrogens (tertiary/aromatic N) is 1. The first kappa shape index (κ1) is 30.4. The molecule has 3 rings (SSSR count). The van der Waals surface area contributed by atoms with E-state index in [2.05, 4.69) is 33.3 Å². The standard InChI is InChI=1S/C25H32N6.C5H9O2.Tl/c1-6-9-18(15-28-21(7-2)8-3)20-12-23-22(29-16-20)10-11-25(30-23)31-24(27)13-19(14-26)17(4)5;1-5(2,3)7-4-6;/h9-17,21,26,28-30H,1-3,7-8H2,4-5H3,(H2,27,31);1-3H3;. The third-order valence-electron chi connectivity index (χ3n) is 6.57. The SMILES string of the molecule is C=C=CC(=CNC1C[CH2][Tl]([C](=O)OC(C)(C)C)[CH2]C1)C1=CNC2=CC=C(N=C(N)C=C(C=N)C(C)C)NC2=C1. The number of hydrogen-bond donors (Lipinski definition) is 5. The number of allylic oxidation sites excluding steroid dienone is 7. The third kappa shape index (κ3) is 9.25. The zero-order valence-corrected chi connectivity index (χ0v) is 28.2. The second-order valence-corrected chi connectivity index (χ2v) is 23.0. The van der Waals surface area contributed by atoms with Gasteiger partial charge < -0.3 is 11.1 Å². The quantitative estimate of drug-likeness (QED) is 0.0728. The van der Waals surface area contributed by atoms with E-state index in [0.29, 0.717) is 17.7 Å². The van der Waals surface area contributed by atoms with Gasteiger partial charge in [0.15, 0.2) is 0 Å². The van der Waals surface area contributed by atoms with Crippen LogP contribution in [0.5, 0.6) is 0 Å². The van der Waals surface area contributed by atoms with Gasteiger partial charge in [-0.2, -0.15) is 0 Å². The molecule has 3 aliphatic rings. The van der Waals surface area contributed by atoms with Crippen LogP contribution in [0.3, 0.4) is 0 Å². The van der Waals surface area contributed by atoms with E-state index in [0.717, 1.165) is 48.9 Å². The van der Waals surface area contributed by atoms with Crippen LogP contribution in [0.1, 0.15) is 47.5 Å². The van der Waals surface area contributed by atoms with Gasteiger partial charge in [0.25, 0.3) is 0 Å². The predicted octanol–water partition coefficient (Wildman–Crippen LogP) is 5.26. The van der Waals surface area contributed by atoms with Crippen molar-refractivity contribution in [2.75, 3.05) is 0 Å². The molecule has 0 amide bonds. The van der Waals surface area contributed by atoms with Crippen LogP contribution in [0.2, 0.25) is 7.96 Å².